The minimum absolute atomic E-state index is 0.342. The van der Waals surface area contributed by atoms with Crippen molar-refractivity contribution in [1.82, 2.24) is 14.5 Å². The summed E-state index contributed by atoms with van der Waals surface area (Å²) in [6.07, 6.45) is 0. The molecule has 0 saturated carbocycles. The Labute approximate surface area is 178 Å². The molecule has 0 aliphatic rings. The molecule has 0 aliphatic heterocycles. The lowest BCUT2D eigenvalue weighted by molar-refractivity contribution is 0.200. The quantitative estimate of drug-likeness (QED) is 0.420. The van der Waals surface area contributed by atoms with Crippen molar-refractivity contribution in [2.75, 3.05) is 20.7 Å². The maximum Gasteiger partial charge on any atom is 0.137 e. The Hall–Kier alpha value is -3.11. The summed E-state index contributed by atoms with van der Waals surface area (Å²) in [6, 6.07) is 23.4. The van der Waals surface area contributed by atoms with Crippen LogP contribution in [0.15, 0.2) is 66.7 Å². The predicted octanol–water partition coefficient (Wildman–Crippen LogP) is 5.64. The van der Waals surface area contributed by atoms with E-state index in [2.05, 4.69) is 111 Å². The molecule has 0 aliphatic carbocycles. The zero-order valence-corrected chi connectivity index (χ0v) is 18.4. The van der Waals surface area contributed by atoms with Gasteiger partial charge < -0.3 is 14.2 Å². The van der Waals surface area contributed by atoms with Crippen molar-refractivity contribution in [3.05, 3.63) is 78.1 Å². The molecule has 2 aromatic heterocycles. The van der Waals surface area contributed by atoms with Gasteiger partial charge in [-0.2, -0.15) is 0 Å². The van der Waals surface area contributed by atoms with Crippen LogP contribution in [0.3, 0.4) is 0 Å². The number of fused-ring (bicyclic) bond motifs is 1. The number of hydrogen-bond acceptors (Lipinski definition) is 3. The third kappa shape index (κ3) is 3.83. The second-order valence-electron chi connectivity index (χ2n) is 8.11. The van der Waals surface area contributed by atoms with E-state index in [1.165, 1.54) is 11.4 Å². The molecule has 0 spiro atoms. The zero-order chi connectivity index (χ0) is 21.3. The number of rotatable bonds is 6. The second kappa shape index (κ2) is 8.33. The topological polar surface area (TPSA) is 30.3 Å². The monoisotopic (exact) mass is 399 g/mol. The van der Waals surface area contributed by atoms with Crippen LogP contribution in [-0.2, 0) is 0 Å². The number of pyridine rings is 1. The first kappa shape index (κ1) is 20.2. The molecule has 0 N–H and O–H groups in total. The van der Waals surface area contributed by atoms with Gasteiger partial charge in [0.2, 0.25) is 0 Å². The molecule has 0 bridgehead atoms. The molecule has 0 amide bonds. The van der Waals surface area contributed by atoms with Crippen LogP contribution in [0.2, 0.25) is 0 Å². The van der Waals surface area contributed by atoms with E-state index >= 15 is 0 Å². The zero-order valence-electron chi connectivity index (χ0n) is 18.4. The standard InChI is InChI=1S/C26H29N3O/c1-18-13-14-19(2)29(18)26-12-8-11-24(27-26)22-15-16-25(30-17-20(3)28(4)5)23-10-7-6-9-21(22)23/h6-16,20H,17H2,1-5H3. The van der Waals surface area contributed by atoms with Crippen molar-refractivity contribution in [2.45, 2.75) is 26.8 Å². The Morgan fingerprint density at radius 2 is 1.57 bits per heavy atom. The summed E-state index contributed by atoms with van der Waals surface area (Å²) in [5.74, 6) is 1.85. The maximum atomic E-state index is 6.18. The SMILES string of the molecule is Cc1ccc(C)n1-c1cccc(-c2ccc(OCC(C)N(C)C)c3ccccc23)n1. The highest BCUT2D eigenvalue weighted by molar-refractivity contribution is 5.99. The van der Waals surface area contributed by atoms with E-state index in [-0.39, 0.29) is 0 Å². The summed E-state index contributed by atoms with van der Waals surface area (Å²) >= 11 is 0. The Kier molecular flexibility index (Phi) is 5.60. The number of ether oxygens (including phenoxy) is 1. The maximum absolute atomic E-state index is 6.18. The van der Waals surface area contributed by atoms with Gasteiger partial charge in [0, 0.05) is 28.4 Å². The lowest BCUT2D eigenvalue weighted by Gasteiger charge is -2.21. The van der Waals surface area contributed by atoms with E-state index in [4.69, 9.17) is 9.72 Å². The smallest absolute Gasteiger partial charge is 0.137 e. The third-order valence-electron chi connectivity index (χ3n) is 5.76. The number of aryl methyl sites for hydroxylation is 2. The normalized spacial score (nSPS) is 12.5. The van der Waals surface area contributed by atoms with E-state index in [1.54, 1.807) is 0 Å². The van der Waals surface area contributed by atoms with Crippen LogP contribution < -0.4 is 4.74 Å². The van der Waals surface area contributed by atoms with Crippen LogP contribution in [0.1, 0.15) is 18.3 Å². The minimum Gasteiger partial charge on any atom is -0.491 e. The summed E-state index contributed by atoms with van der Waals surface area (Å²) < 4.78 is 8.37. The lowest BCUT2D eigenvalue weighted by atomic mass is 10.0. The average Bonchev–Trinajstić information content (AvgIpc) is 3.09. The van der Waals surface area contributed by atoms with E-state index in [0.717, 1.165) is 33.6 Å². The van der Waals surface area contributed by atoms with Gasteiger partial charge in [-0.25, -0.2) is 4.98 Å². The van der Waals surface area contributed by atoms with Crippen molar-refractivity contribution < 1.29 is 4.74 Å². The lowest BCUT2D eigenvalue weighted by Crippen LogP contribution is -2.30. The van der Waals surface area contributed by atoms with Crippen molar-refractivity contribution >= 4 is 10.8 Å². The van der Waals surface area contributed by atoms with Crippen LogP contribution in [0.5, 0.6) is 5.75 Å². The van der Waals surface area contributed by atoms with Gasteiger partial charge in [0.25, 0.3) is 0 Å². The molecular weight excluding hydrogens is 370 g/mol. The number of nitrogens with zero attached hydrogens (tertiary/aromatic N) is 3. The van der Waals surface area contributed by atoms with Crippen LogP contribution in [0, 0.1) is 13.8 Å². The largest absolute Gasteiger partial charge is 0.491 e. The summed E-state index contributed by atoms with van der Waals surface area (Å²) in [7, 11) is 4.14. The Morgan fingerprint density at radius 3 is 2.27 bits per heavy atom. The van der Waals surface area contributed by atoms with Crippen LogP contribution >= 0.6 is 0 Å². The molecular formula is C26H29N3O. The fourth-order valence-electron chi connectivity index (χ4n) is 3.71. The van der Waals surface area contributed by atoms with Gasteiger partial charge in [0.05, 0.1) is 5.69 Å². The van der Waals surface area contributed by atoms with Gasteiger partial charge in [-0.3, -0.25) is 0 Å². The van der Waals surface area contributed by atoms with Gasteiger partial charge in [-0.15, -0.1) is 0 Å². The Balaban J connectivity index is 1.76. The van der Waals surface area contributed by atoms with E-state index in [1.807, 2.05) is 0 Å². The van der Waals surface area contributed by atoms with E-state index in [0.29, 0.717) is 12.6 Å². The molecule has 2 aromatic carbocycles. The highest BCUT2D eigenvalue weighted by Crippen LogP contribution is 2.34. The van der Waals surface area contributed by atoms with Crippen LogP contribution in [0.25, 0.3) is 27.8 Å². The number of likely N-dealkylation sites (N-methyl/N-ethyl adjacent to an activating group) is 1. The summed E-state index contributed by atoms with van der Waals surface area (Å²) in [5, 5.41) is 2.26. The number of hydrogen-bond donors (Lipinski definition) is 0. The van der Waals surface area contributed by atoms with Crippen LogP contribution in [-0.4, -0.2) is 41.2 Å². The molecule has 4 aromatic rings. The fourth-order valence-corrected chi connectivity index (χ4v) is 3.71. The van der Waals surface area contributed by atoms with Crippen molar-refractivity contribution in [3.8, 4) is 22.8 Å². The highest BCUT2D eigenvalue weighted by Gasteiger charge is 2.13. The molecule has 4 rings (SSSR count). The van der Waals surface area contributed by atoms with Crippen LogP contribution in [0.4, 0.5) is 0 Å². The van der Waals surface area contributed by atoms with Crippen molar-refractivity contribution in [3.63, 3.8) is 0 Å². The average molecular weight is 400 g/mol. The molecule has 0 saturated heterocycles. The molecule has 0 fully saturated rings. The van der Waals surface area contributed by atoms with Gasteiger partial charge in [-0.05, 0) is 76.7 Å². The summed E-state index contributed by atoms with van der Waals surface area (Å²) in [4.78, 5) is 7.16. The second-order valence-corrected chi connectivity index (χ2v) is 8.11. The number of aromatic nitrogens is 2. The first-order valence-corrected chi connectivity index (χ1v) is 10.4. The minimum atomic E-state index is 0.342. The van der Waals surface area contributed by atoms with Gasteiger partial charge in [-0.1, -0.05) is 30.3 Å². The predicted molar refractivity (Wildman–Crippen MR) is 125 cm³/mol. The molecule has 154 valence electrons. The molecule has 1 atom stereocenters. The van der Waals surface area contributed by atoms with Gasteiger partial charge in [0.15, 0.2) is 0 Å². The summed E-state index contributed by atoms with van der Waals surface area (Å²) in [5.41, 5.74) is 4.44. The molecule has 2 heterocycles. The molecule has 1 unspecified atom stereocenters. The molecule has 0 radical (unpaired) electrons. The molecule has 30 heavy (non-hydrogen) atoms. The van der Waals surface area contributed by atoms with Gasteiger partial charge in [0.1, 0.15) is 18.2 Å². The summed E-state index contributed by atoms with van der Waals surface area (Å²) in [6.45, 7) is 7.03. The molecule has 4 nitrogen and oxygen atoms in total. The van der Waals surface area contributed by atoms with E-state index in [9.17, 15) is 0 Å². The first-order valence-electron chi connectivity index (χ1n) is 10.4. The van der Waals surface area contributed by atoms with E-state index < -0.39 is 0 Å². The van der Waals surface area contributed by atoms with Crippen molar-refractivity contribution in [1.29, 1.82) is 0 Å². The Morgan fingerprint density at radius 1 is 0.867 bits per heavy atom. The van der Waals surface area contributed by atoms with Gasteiger partial charge >= 0.3 is 0 Å². The Bertz CT molecular complexity index is 1160. The first-order chi connectivity index (χ1) is 14.5. The number of benzene rings is 2. The highest BCUT2D eigenvalue weighted by atomic mass is 16.5. The van der Waals surface area contributed by atoms with Crippen molar-refractivity contribution in [2.24, 2.45) is 0 Å². The fraction of sp³-hybridized carbons (Fsp3) is 0.269. The molecule has 4 heteroatoms. The third-order valence-corrected chi connectivity index (χ3v) is 5.76.